The molecule has 0 heterocycles. The van der Waals surface area contributed by atoms with E-state index < -0.39 is 0 Å². The summed E-state index contributed by atoms with van der Waals surface area (Å²) >= 11 is 0. The molecule has 1 aromatic rings. The van der Waals surface area contributed by atoms with Crippen LogP contribution in [-0.4, -0.2) is 11.6 Å². The molecule has 2 heteroatoms. The third-order valence-electron chi connectivity index (χ3n) is 3.60. The van der Waals surface area contributed by atoms with Crippen molar-refractivity contribution in [3.05, 3.63) is 35.4 Å². The summed E-state index contributed by atoms with van der Waals surface area (Å²) in [7, 11) is 0. The molecule has 2 nitrogen and oxygen atoms in total. The van der Waals surface area contributed by atoms with Gasteiger partial charge in [-0.15, -0.1) is 0 Å². The Morgan fingerprint density at radius 1 is 1.35 bits per heavy atom. The quantitative estimate of drug-likeness (QED) is 0.731. The lowest BCUT2D eigenvalue weighted by molar-refractivity contribution is -0.124. The van der Waals surface area contributed by atoms with Crippen LogP contribution in [0.2, 0.25) is 0 Å². The highest BCUT2D eigenvalue weighted by Crippen LogP contribution is 2.29. The molecule has 1 aliphatic rings. The van der Waals surface area contributed by atoms with Crippen molar-refractivity contribution < 1.29 is 9.59 Å². The van der Waals surface area contributed by atoms with Crippen molar-refractivity contribution in [1.29, 1.82) is 0 Å². The predicted molar refractivity (Wildman–Crippen MR) is 67.0 cm³/mol. The summed E-state index contributed by atoms with van der Waals surface area (Å²) in [5, 5.41) is 0. The van der Waals surface area contributed by atoms with Crippen molar-refractivity contribution >= 4 is 11.6 Å². The van der Waals surface area contributed by atoms with E-state index in [4.69, 9.17) is 0 Å². The molecule has 1 aliphatic carbocycles. The third-order valence-corrected chi connectivity index (χ3v) is 3.60. The summed E-state index contributed by atoms with van der Waals surface area (Å²) in [5.41, 5.74) is 1.90. The second-order valence-electron chi connectivity index (χ2n) is 5.07. The minimum Gasteiger partial charge on any atom is -0.299 e. The predicted octanol–water partition coefficient (Wildman–Crippen LogP) is 3.18. The van der Waals surface area contributed by atoms with Crippen LogP contribution in [-0.2, 0) is 4.79 Å². The van der Waals surface area contributed by atoms with Gasteiger partial charge in [0.05, 0.1) is 0 Å². The van der Waals surface area contributed by atoms with E-state index in [0.717, 1.165) is 17.5 Å². The van der Waals surface area contributed by atoms with E-state index in [1.54, 1.807) is 0 Å². The number of carbonyl (C=O) groups is 2. The first-order chi connectivity index (χ1) is 8.08. The van der Waals surface area contributed by atoms with Gasteiger partial charge in [0, 0.05) is 23.8 Å². The fourth-order valence-corrected chi connectivity index (χ4v) is 2.51. The summed E-state index contributed by atoms with van der Waals surface area (Å²) in [6, 6.07) is 7.71. The van der Waals surface area contributed by atoms with Crippen LogP contribution in [0.15, 0.2) is 24.3 Å². The Balaban J connectivity index is 2.13. The van der Waals surface area contributed by atoms with Gasteiger partial charge in [0.25, 0.3) is 0 Å². The molecular weight excluding hydrogens is 212 g/mol. The summed E-state index contributed by atoms with van der Waals surface area (Å²) in [6.07, 6.45) is 1.99. The van der Waals surface area contributed by atoms with E-state index in [0.29, 0.717) is 18.6 Å². The Kier molecular flexibility index (Phi) is 3.41. The van der Waals surface area contributed by atoms with Gasteiger partial charge in [-0.1, -0.05) is 30.7 Å². The maximum atomic E-state index is 12.3. The van der Waals surface area contributed by atoms with Gasteiger partial charge >= 0.3 is 0 Å². The van der Waals surface area contributed by atoms with E-state index in [1.807, 2.05) is 38.1 Å². The molecule has 0 bridgehead atoms. The molecule has 1 aromatic carbocycles. The lowest BCUT2D eigenvalue weighted by Gasteiger charge is -2.24. The highest BCUT2D eigenvalue weighted by atomic mass is 16.1. The van der Waals surface area contributed by atoms with E-state index >= 15 is 0 Å². The fourth-order valence-electron chi connectivity index (χ4n) is 2.51. The average Bonchev–Trinajstić information content (AvgIpc) is 2.32. The van der Waals surface area contributed by atoms with Crippen LogP contribution >= 0.6 is 0 Å². The number of hydrogen-bond donors (Lipinski definition) is 0. The van der Waals surface area contributed by atoms with Crippen LogP contribution in [0.1, 0.15) is 42.1 Å². The van der Waals surface area contributed by atoms with Crippen LogP contribution in [0, 0.1) is 18.8 Å². The average molecular weight is 230 g/mol. The van der Waals surface area contributed by atoms with E-state index in [9.17, 15) is 9.59 Å². The van der Waals surface area contributed by atoms with Crippen molar-refractivity contribution in [1.82, 2.24) is 0 Å². The number of carbonyl (C=O) groups excluding carboxylic acids is 2. The highest BCUT2D eigenvalue weighted by molar-refractivity contribution is 5.99. The zero-order valence-electron chi connectivity index (χ0n) is 10.4. The van der Waals surface area contributed by atoms with Crippen LogP contribution in [0.4, 0.5) is 0 Å². The maximum absolute atomic E-state index is 12.3. The summed E-state index contributed by atoms with van der Waals surface area (Å²) in [5.74, 6) is 0.582. The largest absolute Gasteiger partial charge is 0.299 e. The van der Waals surface area contributed by atoms with Crippen LogP contribution < -0.4 is 0 Å². The van der Waals surface area contributed by atoms with E-state index in [1.165, 1.54) is 0 Å². The smallest absolute Gasteiger partial charge is 0.165 e. The zero-order valence-corrected chi connectivity index (χ0v) is 10.4. The Morgan fingerprint density at radius 2 is 2.12 bits per heavy atom. The number of aryl methyl sites for hydroxylation is 1. The van der Waals surface area contributed by atoms with Gasteiger partial charge in [0.15, 0.2) is 5.78 Å². The second-order valence-corrected chi connectivity index (χ2v) is 5.07. The standard InChI is InChI=1S/C15H18O2/c1-10-4-3-5-12(8-10)15(17)13-6-7-14(16)11(2)9-13/h3-5,8,11,13H,6-7,9H2,1-2H3. The van der Waals surface area contributed by atoms with Crippen molar-refractivity contribution in [2.75, 3.05) is 0 Å². The monoisotopic (exact) mass is 230 g/mol. The van der Waals surface area contributed by atoms with E-state index in [2.05, 4.69) is 0 Å². The summed E-state index contributed by atoms with van der Waals surface area (Å²) in [4.78, 5) is 23.7. The Hall–Kier alpha value is -1.44. The molecule has 2 atom stereocenters. The molecule has 0 aromatic heterocycles. The number of benzene rings is 1. The normalized spacial score (nSPS) is 24.7. The number of rotatable bonds is 2. The molecule has 0 spiro atoms. The molecule has 0 amide bonds. The summed E-state index contributed by atoms with van der Waals surface area (Å²) in [6.45, 7) is 3.92. The van der Waals surface area contributed by atoms with Gasteiger partial charge < -0.3 is 0 Å². The second kappa shape index (κ2) is 4.82. The first kappa shape index (κ1) is 12.0. The molecule has 17 heavy (non-hydrogen) atoms. The molecule has 0 radical (unpaired) electrons. The molecule has 2 rings (SSSR count). The lowest BCUT2D eigenvalue weighted by Crippen LogP contribution is -2.27. The zero-order chi connectivity index (χ0) is 12.4. The number of Topliss-reactive ketones (excluding diaryl/α,β-unsaturated/α-hetero) is 2. The van der Waals surface area contributed by atoms with Crippen molar-refractivity contribution in [2.24, 2.45) is 11.8 Å². The molecule has 90 valence electrons. The van der Waals surface area contributed by atoms with Crippen LogP contribution in [0.25, 0.3) is 0 Å². The molecule has 2 unspecified atom stereocenters. The van der Waals surface area contributed by atoms with Crippen molar-refractivity contribution in [3.63, 3.8) is 0 Å². The van der Waals surface area contributed by atoms with Crippen LogP contribution in [0.3, 0.4) is 0 Å². The molecule has 1 fully saturated rings. The van der Waals surface area contributed by atoms with E-state index in [-0.39, 0.29) is 17.6 Å². The third kappa shape index (κ3) is 2.63. The van der Waals surface area contributed by atoms with Gasteiger partial charge in [-0.05, 0) is 25.8 Å². The maximum Gasteiger partial charge on any atom is 0.165 e. The molecule has 0 N–H and O–H groups in total. The fraction of sp³-hybridized carbons (Fsp3) is 0.467. The van der Waals surface area contributed by atoms with Gasteiger partial charge in [0.2, 0.25) is 0 Å². The highest BCUT2D eigenvalue weighted by Gasteiger charge is 2.30. The van der Waals surface area contributed by atoms with Crippen molar-refractivity contribution in [3.8, 4) is 0 Å². The lowest BCUT2D eigenvalue weighted by atomic mass is 9.78. The van der Waals surface area contributed by atoms with Crippen molar-refractivity contribution in [2.45, 2.75) is 33.1 Å². The molecule has 1 saturated carbocycles. The Labute approximate surface area is 102 Å². The van der Waals surface area contributed by atoms with Gasteiger partial charge in [-0.3, -0.25) is 9.59 Å². The molecule has 0 aliphatic heterocycles. The first-order valence-electron chi connectivity index (χ1n) is 6.21. The first-order valence-corrected chi connectivity index (χ1v) is 6.21. The number of hydrogen-bond acceptors (Lipinski definition) is 2. The SMILES string of the molecule is Cc1cccc(C(=O)C2CCC(=O)C(C)C2)c1. The Morgan fingerprint density at radius 3 is 2.76 bits per heavy atom. The minimum absolute atomic E-state index is 0.0319. The Bertz CT molecular complexity index is 448. The molecule has 0 saturated heterocycles. The minimum atomic E-state index is 0.0319. The molecular formula is C15H18O2. The van der Waals surface area contributed by atoms with Gasteiger partial charge in [-0.25, -0.2) is 0 Å². The topological polar surface area (TPSA) is 34.1 Å². The van der Waals surface area contributed by atoms with Crippen LogP contribution in [0.5, 0.6) is 0 Å². The summed E-state index contributed by atoms with van der Waals surface area (Å²) < 4.78 is 0. The van der Waals surface area contributed by atoms with Gasteiger partial charge in [-0.2, -0.15) is 0 Å². The van der Waals surface area contributed by atoms with Gasteiger partial charge in [0.1, 0.15) is 5.78 Å². The number of ketones is 2.